The van der Waals surface area contributed by atoms with Gasteiger partial charge in [0.1, 0.15) is 0 Å². The van der Waals surface area contributed by atoms with Gasteiger partial charge in [0.15, 0.2) is 5.17 Å². The van der Waals surface area contributed by atoms with Crippen LogP contribution in [-0.2, 0) is 9.53 Å². The van der Waals surface area contributed by atoms with E-state index >= 15 is 0 Å². The number of aryl methyl sites for hydroxylation is 1. The molecule has 2 unspecified atom stereocenters. The van der Waals surface area contributed by atoms with Crippen molar-refractivity contribution in [3.05, 3.63) is 96.1 Å². The van der Waals surface area contributed by atoms with E-state index in [-0.39, 0.29) is 0 Å². The second kappa shape index (κ2) is 8.34. The van der Waals surface area contributed by atoms with E-state index in [9.17, 15) is 9.90 Å². The molecule has 1 saturated heterocycles. The van der Waals surface area contributed by atoms with Gasteiger partial charge in [-0.15, -0.1) is 0 Å². The van der Waals surface area contributed by atoms with Crippen LogP contribution in [0.1, 0.15) is 16.4 Å². The zero-order valence-corrected chi connectivity index (χ0v) is 17.5. The molecule has 3 aromatic carbocycles. The Balaban J connectivity index is 1.90. The number of nitrogens with zero attached hydrogens (tertiary/aromatic N) is 2. The molecule has 30 heavy (non-hydrogen) atoms. The van der Waals surface area contributed by atoms with Crippen molar-refractivity contribution in [3.63, 3.8) is 0 Å². The SMILES string of the molecule is COC(=O)C1(O)C(c2ccccc2)SC(=Nc2ccc(C)cc2)N1c1ccccc1. The molecule has 1 aliphatic heterocycles. The van der Waals surface area contributed by atoms with Crippen LogP contribution in [0.4, 0.5) is 11.4 Å². The number of rotatable bonds is 4. The minimum atomic E-state index is -1.95. The van der Waals surface area contributed by atoms with Gasteiger partial charge in [-0.2, -0.15) is 0 Å². The lowest BCUT2D eigenvalue weighted by Gasteiger charge is -2.34. The number of carbonyl (C=O) groups is 1. The number of hydrogen-bond donors (Lipinski definition) is 1. The van der Waals surface area contributed by atoms with Gasteiger partial charge >= 0.3 is 5.97 Å². The second-order valence-electron chi connectivity index (χ2n) is 7.03. The quantitative estimate of drug-likeness (QED) is 0.615. The van der Waals surface area contributed by atoms with E-state index in [4.69, 9.17) is 9.73 Å². The highest BCUT2D eigenvalue weighted by Gasteiger charge is 2.59. The molecule has 0 saturated carbocycles. The van der Waals surface area contributed by atoms with E-state index in [2.05, 4.69) is 0 Å². The smallest absolute Gasteiger partial charge is 0.361 e. The average Bonchev–Trinajstić information content (AvgIpc) is 3.09. The maximum absolute atomic E-state index is 13.0. The molecule has 152 valence electrons. The zero-order chi connectivity index (χ0) is 21.1. The second-order valence-corrected chi connectivity index (χ2v) is 8.10. The number of thioether (sulfide) groups is 1. The Kier molecular flexibility index (Phi) is 5.61. The molecule has 1 N–H and O–H groups in total. The molecule has 0 radical (unpaired) electrons. The fraction of sp³-hybridized carbons (Fsp3) is 0.167. The number of anilines is 1. The molecule has 6 heteroatoms. The Bertz CT molecular complexity index is 1050. The molecule has 1 aliphatic rings. The van der Waals surface area contributed by atoms with Crippen molar-refractivity contribution < 1.29 is 14.6 Å². The summed E-state index contributed by atoms with van der Waals surface area (Å²) in [5.41, 5.74) is 1.38. The average molecular weight is 419 g/mol. The first-order valence-corrected chi connectivity index (χ1v) is 10.4. The summed E-state index contributed by atoms with van der Waals surface area (Å²) in [7, 11) is 1.28. The molecule has 1 fully saturated rings. The molecule has 4 rings (SSSR count). The van der Waals surface area contributed by atoms with Crippen LogP contribution in [0.2, 0.25) is 0 Å². The van der Waals surface area contributed by atoms with Gasteiger partial charge in [0.05, 0.1) is 18.0 Å². The largest absolute Gasteiger partial charge is 0.465 e. The van der Waals surface area contributed by atoms with E-state index in [0.29, 0.717) is 10.9 Å². The van der Waals surface area contributed by atoms with Crippen LogP contribution in [0, 0.1) is 6.92 Å². The van der Waals surface area contributed by atoms with Crippen molar-refractivity contribution >= 4 is 34.3 Å². The molecule has 2 atom stereocenters. The molecule has 5 nitrogen and oxygen atoms in total. The lowest BCUT2D eigenvalue weighted by atomic mass is 9.99. The molecule has 1 heterocycles. The normalized spacial score (nSPS) is 22.3. The van der Waals surface area contributed by atoms with Crippen molar-refractivity contribution in [1.82, 2.24) is 0 Å². The number of esters is 1. The third-order valence-electron chi connectivity index (χ3n) is 4.98. The Morgan fingerprint density at radius 3 is 2.20 bits per heavy atom. The fourth-order valence-corrected chi connectivity index (χ4v) is 4.85. The first-order valence-electron chi connectivity index (χ1n) is 9.57. The van der Waals surface area contributed by atoms with Gasteiger partial charge in [-0.05, 0) is 36.8 Å². The lowest BCUT2D eigenvalue weighted by molar-refractivity contribution is -0.161. The van der Waals surface area contributed by atoms with Crippen molar-refractivity contribution in [2.75, 3.05) is 12.0 Å². The van der Waals surface area contributed by atoms with Crippen LogP contribution in [-0.4, -0.2) is 29.1 Å². The van der Waals surface area contributed by atoms with E-state index in [1.54, 1.807) is 4.90 Å². The zero-order valence-electron chi connectivity index (χ0n) is 16.7. The number of carbonyl (C=O) groups excluding carboxylic acids is 1. The molecule has 3 aromatic rings. The summed E-state index contributed by atoms with van der Waals surface area (Å²) in [5, 5.41) is 11.7. The summed E-state index contributed by atoms with van der Waals surface area (Å²) in [6.07, 6.45) is 0. The third kappa shape index (κ3) is 3.60. The van der Waals surface area contributed by atoms with E-state index in [0.717, 1.165) is 16.8 Å². The minimum Gasteiger partial charge on any atom is -0.465 e. The van der Waals surface area contributed by atoms with Gasteiger partial charge in [-0.25, -0.2) is 9.79 Å². The fourth-order valence-electron chi connectivity index (χ4n) is 3.47. The van der Waals surface area contributed by atoms with Gasteiger partial charge in [-0.3, -0.25) is 4.90 Å². The number of benzene rings is 3. The Morgan fingerprint density at radius 2 is 1.60 bits per heavy atom. The van der Waals surface area contributed by atoms with Gasteiger partial charge in [0.25, 0.3) is 5.72 Å². The van der Waals surface area contributed by atoms with Gasteiger partial charge in [-0.1, -0.05) is 78.0 Å². The lowest BCUT2D eigenvalue weighted by Crippen LogP contribution is -2.55. The topological polar surface area (TPSA) is 62.1 Å². The highest BCUT2D eigenvalue weighted by atomic mass is 32.2. The molecule has 0 amide bonds. The number of para-hydroxylation sites is 1. The third-order valence-corrected chi connectivity index (χ3v) is 6.30. The maximum atomic E-state index is 13.0. The van der Waals surface area contributed by atoms with Crippen molar-refractivity contribution in [2.24, 2.45) is 4.99 Å². The van der Waals surface area contributed by atoms with Crippen molar-refractivity contribution in [3.8, 4) is 0 Å². The van der Waals surface area contributed by atoms with Crippen LogP contribution in [0.15, 0.2) is 89.9 Å². The Morgan fingerprint density at radius 1 is 1.00 bits per heavy atom. The Labute approximate surface area is 180 Å². The van der Waals surface area contributed by atoms with E-state index in [1.807, 2.05) is 91.9 Å². The van der Waals surface area contributed by atoms with E-state index < -0.39 is 16.9 Å². The molecule has 0 aromatic heterocycles. The monoisotopic (exact) mass is 418 g/mol. The standard InChI is InChI=1S/C24H22N2O3S/c1-17-13-15-19(16-14-17)25-23-26(20-11-7-4-8-12-20)24(28,22(27)29-2)21(30-23)18-9-5-3-6-10-18/h3-16,21,28H,1-2H3. The van der Waals surface area contributed by atoms with Crippen LogP contribution in [0.3, 0.4) is 0 Å². The van der Waals surface area contributed by atoms with Crippen LogP contribution in [0.25, 0.3) is 0 Å². The summed E-state index contributed by atoms with van der Waals surface area (Å²) < 4.78 is 5.06. The Hall–Kier alpha value is -3.09. The van der Waals surface area contributed by atoms with Crippen LogP contribution < -0.4 is 4.90 Å². The summed E-state index contributed by atoms with van der Waals surface area (Å²) in [4.78, 5) is 19.3. The highest BCUT2D eigenvalue weighted by molar-refractivity contribution is 8.15. The molecular formula is C24H22N2O3S. The number of aliphatic hydroxyl groups is 1. The first kappa shape index (κ1) is 20.2. The van der Waals surface area contributed by atoms with Gasteiger partial charge in [0.2, 0.25) is 0 Å². The van der Waals surface area contributed by atoms with E-state index in [1.165, 1.54) is 18.9 Å². The minimum absolute atomic E-state index is 0.520. The summed E-state index contributed by atoms with van der Waals surface area (Å²) >= 11 is 1.34. The van der Waals surface area contributed by atoms with Gasteiger partial charge < -0.3 is 9.84 Å². The number of amidine groups is 1. The highest BCUT2D eigenvalue weighted by Crippen LogP contribution is 2.51. The summed E-state index contributed by atoms with van der Waals surface area (Å²) in [6, 6.07) is 26.5. The van der Waals surface area contributed by atoms with Crippen molar-refractivity contribution in [1.29, 1.82) is 0 Å². The summed E-state index contributed by atoms with van der Waals surface area (Å²) in [5.74, 6) is -0.734. The molecule has 0 aliphatic carbocycles. The van der Waals surface area contributed by atoms with Crippen LogP contribution >= 0.6 is 11.8 Å². The predicted molar refractivity (Wildman–Crippen MR) is 121 cm³/mol. The molecule has 0 bridgehead atoms. The molecular weight excluding hydrogens is 396 g/mol. The summed E-state index contributed by atoms with van der Waals surface area (Å²) in [6.45, 7) is 2.01. The number of methoxy groups -OCH3 is 1. The number of hydrogen-bond acceptors (Lipinski definition) is 5. The molecule has 0 spiro atoms. The van der Waals surface area contributed by atoms with Crippen LogP contribution in [0.5, 0.6) is 0 Å². The first-order chi connectivity index (χ1) is 14.5. The van der Waals surface area contributed by atoms with Gasteiger partial charge in [0, 0.05) is 5.69 Å². The number of aliphatic imine (C=N–C) groups is 1. The van der Waals surface area contributed by atoms with Crippen molar-refractivity contribution in [2.45, 2.75) is 17.9 Å². The number of ether oxygens (including phenoxy) is 1. The maximum Gasteiger partial charge on any atom is 0.361 e. The predicted octanol–water partition coefficient (Wildman–Crippen LogP) is 4.84.